The molecular formula is C13H13ClO3. The van der Waals surface area contributed by atoms with E-state index in [9.17, 15) is 9.59 Å². The standard InChI is InChI=1S/C13H13ClO3/c1-8-5-10(3-4-12(15)16)7-11(6-8)13(17)9(2)14/h3-7,9H,1-2H3,(H,15,16)/b4-3+. The molecule has 4 heteroatoms. The fourth-order valence-corrected chi connectivity index (χ4v) is 1.57. The lowest BCUT2D eigenvalue weighted by atomic mass is 10.0. The molecule has 3 nitrogen and oxygen atoms in total. The van der Waals surface area contributed by atoms with Crippen LogP contribution in [0.3, 0.4) is 0 Å². The second-order valence-corrected chi connectivity index (χ2v) is 4.44. The molecule has 1 N–H and O–H groups in total. The summed E-state index contributed by atoms with van der Waals surface area (Å²) >= 11 is 5.73. The number of benzene rings is 1. The summed E-state index contributed by atoms with van der Waals surface area (Å²) in [6.07, 6.45) is 2.48. The van der Waals surface area contributed by atoms with Crippen LogP contribution < -0.4 is 0 Å². The van der Waals surface area contributed by atoms with Crippen LogP contribution in [0, 0.1) is 6.92 Å². The molecule has 0 heterocycles. The number of aliphatic carboxylic acids is 1. The van der Waals surface area contributed by atoms with Crippen LogP contribution in [0.15, 0.2) is 24.3 Å². The van der Waals surface area contributed by atoms with Crippen LogP contribution in [0.5, 0.6) is 0 Å². The van der Waals surface area contributed by atoms with Crippen molar-refractivity contribution >= 4 is 29.4 Å². The van der Waals surface area contributed by atoms with E-state index in [0.29, 0.717) is 11.1 Å². The number of carboxylic acids is 1. The van der Waals surface area contributed by atoms with Crippen molar-refractivity contribution in [3.8, 4) is 0 Å². The first kappa shape index (κ1) is 13.5. The minimum Gasteiger partial charge on any atom is -0.478 e. The fourth-order valence-electron chi connectivity index (χ4n) is 1.45. The van der Waals surface area contributed by atoms with E-state index in [-0.39, 0.29) is 5.78 Å². The van der Waals surface area contributed by atoms with Crippen molar-refractivity contribution in [2.45, 2.75) is 19.2 Å². The summed E-state index contributed by atoms with van der Waals surface area (Å²) in [6, 6.07) is 5.17. The molecule has 0 spiro atoms. The maximum Gasteiger partial charge on any atom is 0.328 e. The van der Waals surface area contributed by atoms with Gasteiger partial charge in [-0.2, -0.15) is 0 Å². The van der Waals surface area contributed by atoms with E-state index in [1.165, 1.54) is 6.08 Å². The van der Waals surface area contributed by atoms with Crippen molar-refractivity contribution < 1.29 is 14.7 Å². The number of Topliss-reactive ketones (excluding diaryl/α,β-unsaturated/α-hetero) is 1. The summed E-state index contributed by atoms with van der Waals surface area (Å²) in [4.78, 5) is 22.1. The molecule has 1 aromatic carbocycles. The van der Waals surface area contributed by atoms with Gasteiger partial charge in [-0.3, -0.25) is 4.79 Å². The van der Waals surface area contributed by atoms with Gasteiger partial charge in [-0.15, -0.1) is 11.6 Å². The maximum absolute atomic E-state index is 11.7. The highest BCUT2D eigenvalue weighted by atomic mass is 35.5. The third-order valence-electron chi connectivity index (χ3n) is 2.16. The Balaban J connectivity index is 3.10. The average Bonchev–Trinajstić information content (AvgIpc) is 2.24. The molecule has 0 aliphatic heterocycles. The van der Waals surface area contributed by atoms with E-state index in [1.807, 2.05) is 6.92 Å². The Kier molecular flexibility index (Phi) is 4.46. The summed E-state index contributed by atoms with van der Waals surface area (Å²) in [6.45, 7) is 3.45. The van der Waals surface area contributed by atoms with Crippen molar-refractivity contribution in [2.75, 3.05) is 0 Å². The SMILES string of the molecule is Cc1cc(/C=C/C(=O)O)cc(C(=O)C(C)Cl)c1. The number of carbonyl (C=O) groups is 2. The summed E-state index contributed by atoms with van der Waals surface area (Å²) < 4.78 is 0. The predicted molar refractivity (Wildman–Crippen MR) is 67.5 cm³/mol. The van der Waals surface area contributed by atoms with Crippen molar-refractivity contribution in [1.82, 2.24) is 0 Å². The molecule has 1 atom stereocenters. The van der Waals surface area contributed by atoms with Gasteiger partial charge in [0.25, 0.3) is 0 Å². The minimum absolute atomic E-state index is 0.166. The van der Waals surface area contributed by atoms with E-state index in [1.54, 1.807) is 25.1 Å². The highest BCUT2D eigenvalue weighted by molar-refractivity contribution is 6.33. The molecule has 17 heavy (non-hydrogen) atoms. The van der Waals surface area contributed by atoms with Gasteiger partial charge in [0.15, 0.2) is 5.78 Å². The monoisotopic (exact) mass is 252 g/mol. The number of aryl methyl sites for hydroxylation is 1. The molecule has 90 valence electrons. The topological polar surface area (TPSA) is 54.4 Å². The van der Waals surface area contributed by atoms with Crippen LogP contribution in [0.1, 0.15) is 28.4 Å². The van der Waals surface area contributed by atoms with E-state index < -0.39 is 11.3 Å². The van der Waals surface area contributed by atoms with Gasteiger partial charge < -0.3 is 5.11 Å². The highest BCUT2D eigenvalue weighted by Gasteiger charge is 2.12. The normalized spacial score (nSPS) is 12.6. The zero-order chi connectivity index (χ0) is 13.0. The van der Waals surface area contributed by atoms with Crippen LogP contribution in [0.25, 0.3) is 6.08 Å². The van der Waals surface area contributed by atoms with E-state index in [2.05, 4.69) is 0 Å². The Morgan fingerprint density at radius 3 is 2.53 bits per heavy atom. The molecule has 1 aromatic rings. The molecule has 0 aliphatic rings. The summed E-state index contributed by atoms with van der Waals surface area (Å²) in [5.41, 5.74) is 2.06. The molecule has 0 saturated carbocycles. The van der Waals surface area contributed by atoms with Crippen LogP contribution in [0.2, 0.25) is 0 Å². The number of halogens is 1. The van der Waals surface area contributed by atoms with Crippen LogP contribution >= 0.6 is 11.6 Å². The Labute approximate surface area is 105 Å². The Morgan fingerprint density at radius 1 is 1.35 bits per heavy atom. The molecule has 0 bridgehead atoms. The van der Waals surface area contributed by atoms with Gasteiger partial charge in [0.1, 0.15) is 0 Å². The van der Waals surface area contributed by atoms with Crippen LogP contribution in [0.4, 0.5) is 0 Å². The zero-order valence-corrected chi connectivity index (χ0v) is 10.4. The Hall–Kier alpha value is -1.61. The third kappa shape index (κ3) is 4.04. The third-order valence-corrected chi connectivity index (χ3v) is 2.36. The highest BCUT2D eigenvalue weighted by Crippen LogP contribution is 2.15. The van der Waals surface area contributed by atoms with E-state index >= 15 is 0 Å². The maximum atomic E-state index is 11.7. The second kappa shape index (κ2) is 5.64. The first-order chi connectivity index (χ1) is 7.90. The van der Waals surface area contributed by atoms with Crippen molar-refractivity contribution in [3.63, 3.8) is 0 Å². The van der Waals surface area contributed by atoms with Gasteiger partial charge in [-0.05, 0) is 43.2 Å². The molecule has 0 aliphatic carbocycles. The summed E-state index contributed by atoms with van der Waals surface area (Å²) in [5, 5.41) is 7.95. The van der Waals surface area contributed by atoms with Gasteiger partial charge >= 0.3 is 5.97 Å². The lowest BCUT2D eigenvalue weighted by Crippen LogP contribution is -2.10. The molecule has 0 aromatic heterocycles. The van der Waals surface area contributed by atoms with Gasteiger partial charge in [0.2, 0.25) is 0 Å². The van der Waals surface area contributed by atoms with Gasteiger partial charge in [0, 0.05) is 11.6 Å². The van der Waals surface area contributed by atoms with Crippen molar-refractivity contribution in [1.29, 1.82) is 0 Å². The number of alkyl halides is 1. The first-order valence-corrected chi connectivity index (χ1v) is 5.55. The molecule has 0 amide bonds. The number of ketones is 1. The molecule has 0 saturated heterocycles. The number of carbonyl (C=O) groups excluding carboxylic acids is 1. The summed E-state index contributed by atoms with van der Waals surface area (Å²) in [5.74, 6) is -1.19. The lowest BCUT2D eigenvalue weighted by molar-refractivity contribution is -0.131. The quantitative estimate of drug-likeness (QED) is 0.509. The van der Waals surface area contributed by atoms with Crippen LogP contribution in [-0.2, 0) is 4.79 Å². The molecule has 1 unspecified atom stereocenters. The van der Waals surface area contributed by atoms with E-state index in [0.717, 1.165) is 11.6 Å². The fraction of sp³-hybridized carbons (Fsp3) is 0.231. The lowest BCUT2D eigenvalue weighted by Gasteiger charge is -2.05. The van der Waals surface area contributed by atoms with Gasteiger partial charge in [-0.1, -0.05) is 6.07 Å². The van der Waals surface area contributed by atoms with Crippen molar-refractivity contribution in [2.24, 2.45) is 0 Å². The van der Waals surface area contributed by atoms with Crippen molar-refractivity contribution in [3.05, 3.63) is 41.0 Å². The molecule has 0 radical (unpaired) electrons. The number of carboxylic acid groups (broad SMARTS) is 1. The number of rotatable bonds is 4. The average molecular weight is 253 g/mol. The molecule has 1 rings (SSSR count). The number of hydrogen-bond donors (Lipinski definition) is 1. The Bertz CT molecular complexity index is 476. The largest absolute Gasteiger partial charge is 0.478 e. The number of hydrogen-bond acceptors (Lipinski definition) is 2. The predicted octanol–water partition coefficient (Wildman–Crippen LogP) is 2.90. The van der Waals surface area contributed by atoms with E-state index in [4.69, 9.17) is 16.7 Å². The molecular weight excluding hydrogens is 240 g/mol. The smallest absolute Gasteiger partial charge is 0.328 e. The minimum atomic E-state index is -1.02. The van der Waals surface area contributed by atoms with Gasteiger partial charge in [0.05, 0.1) is 5.38 Å². The Morgan fingerprint density at radius 2 is 2.00 bits per heavy atom. The zero-order valence-electron chi connectivity index (χ0n) is 9.61. The second-order valence-electron chi connectivity index (χ2n) is 3.78. The first-order valence-electron chi connectivity index (χ1n) is 5.11. The molecule has 0 fully saturated rings. The summed E-state index contributed by atoms with van der Waals surface area (Å²) in [7, 11) is 0. The van der Waals surface area contributed by atoms with Crippen LogP contribution in [-0.4, -0.2) is 22.2 Å². The van der Waals surface area contributed by atoms with Gasteiger partial charge in [-0.25, -0.2) is 4.79 Å².